The summed E-state index contributed by atoms with van der Waals surface area (Å²) in [4.78, 5) is 41.6. The van der Waals surface area contributed by atoms with Crippen LogP contribution >= 0.6 is 11.3 Å². The molecule has 0 radical (unpaired) electrons. The number of carbonyl (C=O) groups is 2. The van der Waals surface area contributed by atoms with Crippen LogP contribution in [0.2, 0.25) is 0 Å². The Bertz CT molecular complexity index is 1110. The molecule has 0 atom stereocenters. The second-order valence-electron chi connectivity index (χ2n) is 6.40. The molecule has 0 spiro atoms. The molecule has 146 valence electrons. The number of esters is 1. The van der Waals surface area contributed by atoms with Gasteiger partial charge in [0.05, 0.1) is 18.1 Å². The topological polar surface area (TPSA) is 83.2 Å². The number of hydrogen-bond donors (Lipinski definition) is 0. The Balaban J connectivity index is 1.57. The van der Waals surface area contributed by atoms with Crippen LogP contribution in [0.25, 0.3) is 10.2 Å². The molecule has 3 heterocycles. The molecule has 8 heteroatoms. The fourth-order valence-corrected chi connectivity index (χ4v) is 3.78. The van der Waals surface area contributed by atoms with E-state index in [1.807, 2.05) is 18.4 Å². The summed E-state index contributed by atoms with van der Waals surface area (Å²) >= 11 is 1.39. The number of Topliss-reactive ketones (excluding diaryl/α,β-unsaturated/α-hetero) is 1. The molecule has 28 heavy (non-hydrogen) atoms. The number of carbonyl (C=O) groups excluding carboxylic acids is 2. The molecule has 0 aliphatic rings. The normalized spacial score (nSPS) is 10.9. The Hall–Kier alpha value is -3.00. The van der Waals surface area contributed by atoms with Crippen LogP contribution in [0.4, 0.5) is 0 Å². The van der Waals surface area contributed by atoms with Crippen molar-refractivity contribution in [1.29, 1.82) is 0 Å². The van der Waals surface area contributed by atoms with Crippen LogP contribution in [0.1, 0.15) is 28.2 Å². The number of ketones is 1. The largest absolute Gasteiger partial charge is 0.457 e. The summed E-state index contributed by atoms with van der Waals surface area (Å²) in [7, 11) is 0. The van der Waals surface area contributed by atoms with E-state index < -0.39 is 5.97 Å². The van der Waals surface area contributed by atoms with Gasteiger partial charge in [0, 0.05) is 30.0 Å². The van der Waals surface area contributed by atoms with Gasteiger partial charge < -0.3 is 9.30 Å². The van der Waals surface area contributed by atoms with Crippen molar-refractivity contribution in [1.82, 2.24) is 14.1 Å². The lowest BCUT2D eigenvalue weighted by atomic mass is 10.1. The number of hydrogen-bond acceptors (Lipinski definition) is 6. The van der Waals surface area contributed by atoms with E-state index in [1.54, 1.807) is 23.6 Å². The summed E-state index contributed by atoms with van der Waals surface area (Å²) in [6.45, 7) is 7.92. The second-order valence-corrected chi connectivity index (χ2v) is 7.30. The summed E-state index contributed by atoms with van der Waals surface area (Å²) in [6.07, 6.45) is 3.17. The van der Waals surface area contributed by atoms with E-state index in [4.69, 9.17) is 4.74 Å². The summed E-state index contributed by atoms with van der Waals surface area (Å²) < 4.78 is 8.46. The van der Waals surface area contributed by atoms with Crippen LogP contribution in [0.15, 0.2) is 41.3 Å². The number of aromatic nitrogens is 3. The van der Waals surface area contributed by atoms with Crippen molar-refractivity contribution in [2.75, 3.05) is 6.61 Å². The van der Waals surface area contributed by atoms with Gasteiger partial charge >= 0.3 is 5.97 Å². The third kappa shape index (κ3) is 3.96. The fraction of sp³-hybridized carbons (Fsp3) is 0.300. The number of thiophene rings is 1. The number of fused-ring (bicyclic) bond motifs is 1. The standard InChI is InChI=1S/C20H21N3O4S/c1-4-7-23-13(2)10-16(14(23)3)17(24)11-27-18(25)5-8-22-12-21-19-15(20(22)26)6-9-28-19/h4,6,9-10,12H,1,5,7-8,11H2,2-3H3. The highest BCUT2D eigenvalue weighted by atomic mass is 32.1. The van der Waals surface area contributed by atoms with Gasteiger partial charge in [0.15, 0.2) is 6.61 Å². The molecule has 3 aromatic heterocycles. The van der Waals surface area contributed by atoms with Crippen molar-refractivity contribution in [3.05, 3.63) is 63.8 Å². The molecule has 3 aromatic rings. The number of allylic oxidation sites excluding steroid dienone is 1. The first-order valence-corrected chi connectivity index (χ1v) is 9.69. The minimum absolute atomic E-state index is 0.0139. The highest BCUT2D eigenvalue weighted by Gasteiger charge is 2.17. The minimum Gasteiger partial charge on any atom is -0.457 e. The first-order chi connectivity index (χ1) is 13.4. The van der Waals surface area contributed by atoms with Crippen LogP contribution < -0.4 is 5.56 Å². The minimum atomic E-state index is -0.537. The van der Waals surface area contributed by atoms with E-state index in [-0.39, 0.29) is 30.9 Å². The van der Waals surface area contributed by atoms with Crippen LogP contribution in [0, 0.1) is 13.8 Å². The zero-order chi connectivity index (χ0) is 20.3. The molecule has 0 aliphatic heterocycles. The molecule has 0 fully saturated rings. The van der Waals surface area contributed by atoms with Crippen molar-refractivity contribution < 1.29 is 14.3 Å². The van der Waals surface area contributed by atoms with Crippen molar-refractivity contribution in [2.45, 2.75) is 33.4 Å². The van der Waals surface area contributed by atoms with Crippen LogP contribution in [-0.4, -0.2) is 32.5 Å². The number of aryl methyl sites for hydroxylation is 2. The van der Waals surface area contributed by atoms with E-state index in [0.717, 1.165) is 11.4 Å². The Labute approximate surface area is 165 Å². The lowest BCUT2D eigenvalue weighted by molar-refractivity contribution is -0.142. The average molecular weight is 399 g/mol. The van der Waals surface area contributed by atoms with E-state index in [2.05, 4.69) is 11.6 Å². The molecule has 3 rings (SSSR count). The van der Waals surface area contributed by atoms with Crippen molar-refractivity contribution in [2.24, 2.45) is 0 Å². The number of ether oxygens (including phenoxy) is 1. The maximum Gasteiger partial charge on any atom is 0.308 e. The molecule has 0 saturated carbocycles. The fourth-order valence-electron chi connectivity index (χ4n) is 3.05. The third-order valence-corrected chi connectivity index (χ3v) is 5.38. The Morgan fingerprint density at radius 3 is 2.89 bits per heavy atom. The second kappa shape index (κ2) is 8.35. The van der Waals surface area contributed by atoms with Gasteiger partial charge in [0.25, 0.3) is 5.56 Å². The van der Waals surface area contributed by atoms with Crippen molar-refractivity contribution in [3.63, 3.8) is 0 Å². The van der Waals surface area contributed by atoms with Gasteiger partial charge in [-0.2, -0.15) is 0 Å². The maximum atomic E-state index is 12.4. The van der Waals surface area contributed by atoms with Gasteiger partial charge in [-0.25, -0.2) is 4.98 Å². The predicted molar refractivity (Wildman–Crippen MR) is 108 cm³/mol. The molecular weight excluding hydrogens is 378 g/mol. The zero-order valence-corrected chi connectivity index (χ0v) is 16.6. The molecule has 0 bridgehead atoms. The first-order valence-electron chi connectivity index (χ1n) is 8.81. The smallest absolute Gasteiger partial charge is 0.308 e. The summed E-state index contributed by atoms with van der Waals surface area (Å²) in [6, 6.07) is 3.50. The van der Waals surface area contributed by atoms with Gasteiger partial charge in [-0.05, 0) is 31.4 Å². The van der Waals surface area contributed by atoms with E-state index in [1.165, 1.54) is 22.2 Å². The Morgan fingerprint density at radius 2 is 2.14 bits per heavy atom. The van der Waals surface area contributed by atoms with Gasteiger partial charge in [-0.15, -0.1) is 17.9 Å². The maximum absolute atomic E-state index is 12.4. The SMILES string of the molecule is C=CCn1c(C)cc(C(=O)COC(=O)CCn2cnc3sccc3c2=O)c1C. The average Bonchev–Trinajstić information content (AvgIpc) is 3.26. The molecule has 0 N–H and O–H groups in total. The molecule has 7 nitrogen and oxygen atoms in total. The van der Waals surface area contributed by atoms with Crippen LogP contribution in [0.3, 0.4) is 0 Å². The predicted octanol–water partition coefficient (Wildman–Crippen LogP) is 2.88. The van der Waals surface area contributed by atoms with Gasteiger partial charge in [-0.1, -0.05) is 6.08 Å². The number of nitrogens with zero attached hydrogens (tertiary/aromatic N) is 3. The van der Waals surface area contributed by atoms with Crippen LogP contribution in [-0.2, 0) is 22.6 Å². The third-order valence-electron chi connectivity index (χ3n) is 4.56. The van der Waals surface area contributed by atoms with Crippen LogP contribution in [0.5, 0.6) is 0 Å². The molecule has 0 aliphatic carbocycles. The molecular formula is C20H21N3O4S. The summed E-state index contributed by atoms with van der Waals surface area (Å²) in [5, 5.41) is 2.33. The Kier molecular flexibility index (Phi) is 5.89. The molecule has 0 aromatic carbocycles. The lowest BCUT2D eigenvalue weighted by Gasteiger charge is -2.07. The summed E-state index contributed by atoms with van der Waals surface area (Å²) in [5.41, 5.74) is 2.11. The van der Waals surface area contributed by atoms with Crippen molar-refractivity contribution in [3.8, 4) is 0 Å². The van der Waals surface area contributed by atoms with Gasteiger partial charge in [0.2, 0.25) is 5.78 Å². The first kappa shape index (κ1) is 19.8. The summed E-state index contributed by atoms with van der Waals surface area (Å²) in [5.74, 6) is -0.791. The monoisotopic (exact) mass is 399 g/mol. The highest BCUT2D eigenvalue weighted by molar-refractivity contribution is 7.16. The molecule has 0 unspecified atom stereocenters. The van der Waals surface area contributed by atoms with Crippen molar-refractivity contribution >= 4 is 33.3 Å². The van der Waals surface area contributed by atoms with E-state index in [0.29, 0.717) is 22.3 Å². The van der Waals surface area contributed by atoms with Gasteiger partial charge in [0.1, 0.15) is 4.83 Å². The molecule has 0 amide bonds. The zero-order valence-electron chi connectivity index (χ0n) is 15.8. The number of rotatable bonds is 8. The Morgan fingerprint density at radius 1 is 1.36 bits per heavy atom. The quantitative estimate of drug-likeness (QED) is 0.330. The van der Waals surface area contributed by atoms with E-state index in [9.17, 15) is 14.4 Å². The van der Waals surface area contributed by atoms with Gasteiger partial charge in [-0.3, -0.25) is 19.0 Å². The highest BCUT2D eigenvalue weighted by Crippen LogP contribution is 2.16. The molecule has 0 saturated heterocycles. The lowest BCUT2D eigenvalue weighted by Crippen LogP contribution is -2.22. The van der Waals surface area contributed by atoms with E-state index >= 15 is 0 Å².